The van der Waals surface area contributed by atoms with Crippen molar-refractivity contribution in [3.05, 3.63) is 87.1 Å². The molecule has 0 aliphatic rings. The molecule has 4 aromatic carbocycles. The van der Waals surface area contributed by atoms with Gasteiger partial charge in [0.2, 0.25) is 0 Å². The Kier molecular flexibility index (Phi) is 13.9. The smallest absolute Gasteiger partial charge is 0.320 e. The number of phenolic OH excluding ortho intramolecular Hbond substituents is 1. The highest BCUT2D eigenvalue weighted by Crippen LogP contribution is 2.43. The van der Waals surface area contributed by atoms with E-state index in [0.717, 1.165) is 29.0 Å². The Morgan fingerprint density at radius 1 is 0.587 bits per heavy atom. The predicted molar refractivity (Wildman–Crippen MR) is 223 cm³/mol. The zero-order chi connectivity index (χ0) is 33.9. The van der Waals surface area contributed by atoms with Gasteiger partial charge in [-0.1, -0.05) is 0 Å². The third-order valence-electron chi connectivity index (χ3n) is 6.23. The number of phenols is 1. The third kappa shape index (κ3) is 9.95. The number of benzene rings is 4. The fourth-order valence-corrected chi connectivity index (χ4v) is 9.41. The Bertz CT molecular complexity index is 1780. The summed E-state index contributed by atoms with van der Waals surface area (Å²) < 4.78 is 23.0. The maximum absolute atomic E-state index is 11.2. The molecule has 0 aromatic heterocycles. The Morgan fingerprint density at radius 2 is 1.02 bits per heavy atom. The second-order valence-electron chi connectivity index (χ2n) is 9.73. The van der Waals surface area contributed by atoms with Crippen LogP contribution in [0.2, 0.25) is 0 Å². The number of rotatable bonds is 12. The van der Waals surface area contributed by atoms with Crippen molar-refractivity contribution in [1.82, 2.24) is 0 Å². The molecule has 0 unspecified atom stereocenters. The lowest BCUT2D eigenvalue weighted by atomic mass is 10.1. The van der Waals surface area contributed by atoms with Gasteiger partial charge in [-0.25, -0.2) is 0 Å². The van der Waals surface area contributed by atoms with Crippen molar-refractivity contribution in [3.8, 4) is 40.2 Å². The first kappa shape index (κ1) is 38.1. The molecule has 46 heavy (non-hydrogen) atoms. The van der Waals surface area contributed by atoms with Crippen LogP contribution in [0.25, 0.3) is 0 Å². The number of nitrogens with two attached hydrogens (primary N) is 2. The van der Waals surface area contributed by atoms with Gasteiger partial charge in [-0.3, -0.25) is 9.59 Å². The number of carbonyl (C=O) groups is 2. The van der Waals surface area contributed by atoms with E-state index in [4.69, 9.17) is 35.9 Å². The van der Waals surface area contributed by atoms with E-state index in [1.165, 1.54) is 0 Å². The van der Waals surface area contributed by atoms with E-state index >= 15 is 0 Å². The molecule has 0 heterocycles. The number of halogens is 6. The van der Waals surface area contributed by atoms with Crippen LogP contribution in [0.4, 0.5) is 0 Å². The Morgan fingerprint density at radius 3 is 1.46 bits per heavy atom. The van der Waals surface area contributed by atoms with Gasteiger partial charge in [0.15, 0.2) is 23.0 Å². The van der Waals surface area contributed by atoms with Crippen LogP contribution in [0.5, 0.6) is 40.2 Å². The van der Waals surface area contributed by atoms with Crippen LogP contribution in [0.15, 0.2) is 54.6 Å². The summed E-state index contributed by atoms with van der Waals surface area (Å²) >= 11 is 12.7. The number of hydrogen-bond donors (Lipinski definition) is 5. The molecular formula is C30H22I6N2O8. The minimum absolute atomic E-state index is 0.0432. The van der Waals surface area contributed by atoms with E-state index in [-0.39, 0.29) is 24.3 Å². The summed E-state index contributed by atoms with van der Waals surface area (Å²) in [4.78, 5) is 22.3. The molecular weight excluding hydrogens is 1280 g/mol. The summed E-state index contributed by atoms with van der Waals surface area (Å²) in [5, 5.41) is 29.1. The Hall–Kier alpha value is -0.680. The summed E-state index contributed by atoms with van der Waals surface area (Å²) in [5.74, 6) is 0.745. The summed E-state index contributed by atoms with van der Waals surface area (Å²) in [6.45, 7) is 0. The van der Waals surface area contributed by atoms with Crippen LogP contribution in [-0.2, 0) is 22.4 Å². The molecule has 0 spiro atoms. The lowest BCUT2D eigenvalue weighted by Crippen LogP contribution is -2.32. The highest BCUT2D eigenvalue weighted by molar-refractivity contribution is 14.1. The number of hydrogen-bond acceptors (Lipinski definition) is 8. The molecule has 0 saturated carbocycles. The van der Waals surface area contributed by atoms with Crippen molar-refractivity contribution >= 4 is 147 Å². The van der Waals surface area contributed by atoms with Gasteiger partial charge >= 0.3 is 11.9 Å². The molecule has 4 rings (SSSR count). The first-order valence-corrected chi connectivity index (χ1v) is 19.4. The highest BCUT2D eigenvalue weighted by atomic mass is 127. The van der Waals surface area contributed by atoms with Gasteiger partial charge in [0.25, 0.3) is 0 Å². The number of carboxylic acid groups (broad SMARTS) is 2. The van der Waals surface area contributed by atoms with Crippen molar-refractivity contribution in [1.29, 1.82) is 0 Å². The monoisotopic (exact) mass is 1300 g/mol. The molecule has 0 fully saturated rings. The average molecular weight is 1300 g/mol. The van der Waals surface area contributed by atoms with E-state index in [9.17, 15) is 14.7 Å². The molecule has 10 nitrogen and oxygen atoms in total. The summed E-state index contributed by atoms with van der Waals surface area (Å²) in [6, 6.07) is 14.0. The maximum atomic E-state index is 11.2. The Labute approximate surface area is 345 Å². The normalized spacial score (nSPS) is 12.3. The van der Waals surface area contributed by atoms with Crippen molar-refractivity contribution in [2.75, 3.05) is 0 Å². The molecule has 0 radical (unpaired) electrons. The number of aliphatic carboxylic acids is 2. The maximum Gasteiger partial charge on any atom is 0.320 e. The highest BCUT2D eigenvalue weighted by Gasteiger charge is 2.20. The lowest BCUT2D eigenvalue weighted by molar-refractivity contribution is -0.139. The predicted octanol–water partition coefficient (Wildman–Crippen LogP) is 8.31. The van der Waals surface area contributed by atoms with Gasteiger partial charge in [0, 0.05) is 6.07 Å². The lowest BCUT2D eigenvalue weighted by Gasteiger charge is -2.16. The van der Waals surface area contributed by atoms with Crippen molar-refractivity contribution in [2.24, 2.45) is 11.5 Å². The molecule has 0 aliphatic heterocycles. The van der Waals surface area contributed by atoms with Gasteiger partial charge in [-0.05, 0) is 208 Å². The summed E-state index contributed by atoms with van der Waals surface area (Å²) in [7, 11) is 0. The van der Waals surface area contributed by atoms with Crippen molar-refractivity contribution in [3.63, 3.8) is 0 Å². The second kappa shape index (κ2) is 16.8. The summed E-state index contributed by atoms with van der Waals surface area (Å²) in [5.41, 5.74) is 13.0. The van der Waals surface area contributed by atoms with Gasteiger partial charge in [0.05, 0.1) is 21.4 Å². The average Bonchev–Trinajstić information content (AvgIpc) is 2.96. The first-order chi connectivity index (χ1) is 21.6. The van der Waals surface area contributed by atoms with Crippen LogP contribution < -0.4 is 25.7 Å². The number of ether oxygens (including phenoxy) is 3. The molecule has 7 N–H and O–H groups in total. The van der Waals surface area contributed by atoms with Gasteiger partial charge in [-0.15, -0.1) is 0 Å². The van der Waals surface area contributed by atoms with Gasteiger partial charge < -0.3 is 41.0 Å². The molecule has 2 atom stereocenters. The minimum atomic E-state index is -1.06. The minimum Gasteiger partial charge on any atom is -0.504 e. The molecule has 0 aliphatic carbocycles. The largest absolute Gasteiger partial charge is 0.504 e. The molecule has 0 saturated heterocycles. The molecule has 4 aromatic rings. The van der Waals surface area contributed by atoms with E-state index in [0.29, 0.717) is 32.3 Å². The van der Waals surface area contributed by atoms with Crippen molar-refractivity contribution < 1.29 is 39.1 Å². The van der Waals surface area contributed by atoms with E-state index in [1.807, 2.05) is 46.9 Å². The fourth-order valence-electron chi connectivity index (χ4n) is 4.01. The second-order valence-corrected chi connectivity index (χ2v) is 16.7. The quantitative estimate of drug-likeness (QED) is 0.0869. The van der Waals surface area contributed by atoms with Crippen molar-refractivity contribution in [2.45, 2.75) is 24.9 Å². The van der Waals surface area contributed by atoms with Gasteiger partial charge in [0.1, 0.15) is 29.3 Å². The Balaban J connectivity index is 1.53. The topological polar surface area (TPSA) is 175 Å². The SMILES string of the molecule is N[C@@H](Cc1cc(I)c(Oc2ccc(Oc3cc(Oc4c(I)cc(C[C@H](N)C(=O)O)cc4I)cc(I)c3O)c(I)c2)c(I)c1)C(=O)O. The van der Waals surface area contributed by atoms with Crippen LogP contribution in [0.1, 0.15) is 11.1 Å². The fraction of sp³-hybridized carbons (Fsp3) is 0.133. The zero-order valence-electron chi connectivity index (χ0n) is 23.1. The molecule has 0 amide bonds. The molecule has 0 bridgehead atoms. The number of carboxylic acids is 2. The van der Waals surface area contributed by atoms with Crippen LogP contribution >= 0.6 is 136 Å². The van der Waals surface area contributed by atoms with E-state index in [1.54, 1.807) is 30.3 Å². The summed E-state index contributed by atoms with van der Waals surface area (Å²) in [6.07, 6.45) is 0.395. The van der Waals surface area contributed by atoms with Crippen LogP contribution in [0, 0.1) is 21.4 Å². The zero-order valence-corrected chi connectivity index (χ0v) is 36.0. The molecule has 16 heteroatoms. The molecule has 242 valence electrons. The van der Waals surface area contributed by atoms with Crippen LogP contribution in [0.3, 0.4) is 0 Å². The van der Waals surface area contributed by atoms with Gasteiger partial charge in [-0.2, -0.15) is 0 Å². The third-order valence-corrected chi connectivity index (χ3v) is 11.1. The number of aromatic hydroxyl groups is 1. The van der Waals surface area contributed by atoms with Crippen LogP contribution in [-0.4, -0.2) is 39.3 Å². The standard InChI is InChI=1S/C30H22I6N2O8/c31-16-9-14(44-27-18(33)3-12(4-19(27)34)7-22(37)29(40)41)1-2-24(16)46-25-11-15(10-17(32)26(25)39)45-28-20(35)5-13(6-21(28)36)8-23(38)30(42)43/h1-6,9-11,22-23,39H,7-8,37-38H2,(H,40,41)(H,42,43)/t22-,23-/m0/s1. The first-order valence-electron chi connectivity index (χ1n) is 12.9. The van der Waals surface area contributed by atoms with E-state index in [2.05, 4.69) is 113 Å². The van der Waals surface area contributed by atoms with E-state index < -0.39 is 24.0 Å².